The van der Waals surface area contributed by atoms with Gasteiger partial charge in [0.25, 0.3) is 5.56 Å². The van der Waals surface area contributed by atoms with Crippen LogP contribution < -0.4 is 14.9 Å². The van der Waals surface area contributed by atoms with E-state index in [4.69, 9.17) is 16.3 Å². The lowest BCUT2D eigenvalue weighted by atomic mass is 9.96. The van der Waals surface area contributed by atoms with Crippen LogP contribution in [0.2, 0.25) is 5.02 Å². The fraction of sp³-hybridized carbons (Fsp3) is 0.136. The molecule has 0 amide bonds. The molecule has 0 fully saturated rings. The molecular formula is C22H16BrClN2O3S. The first-order chi connectivity index (χ1) is 14.4. The van der Waals surface area contributed by atoms with Crippen LogP contribution in [0.3, 0.4) is 0 Å². The van der Waals surface area contributed by atoms with E-state index in [2.05, 4.69) is 20.9 Å². The van der Waals surface area contributed by atoms with E-state index < -0.39 is 12.0 Å². The molecule has 0 radical (unpaired) electrons. The lowest BCUT2D eigenvalue weighted by molar-refractivity contribution is -0.136. The van der Waals surface area contributed by atoms with Crippen molar-refractivity contribution >= 4 is 50.9 Å². The number of methoxy groups -OCH3 is 1. The van der Waals surface area contributed by atoms with Crippen molar-refractivity contribution in [3.8, 4) is 0 Å². The Morgan fingerprint density at radius 2 is 2.00 bits per heavy atom. The van der Waals surface area contributed by atoms with Crippen molar-refractivity contribution in [3.05, 3.63) is 100 Å². The molecule has 0 aliphatic carbocycles. The quantitative estimate of drug-likeness (QED) is 0.511. The normalized spacial score (nSPS) is 16.3. The third-order valence-corrected chi connectivity index (χ3v) is 6.49. The Labute approximate surface area is 189 Å². The minimum absolute atomic E-state index is 0.215. The number of carbonyl (C=O) groups is 1. The summed E-state index contributed by atoms with van der Waals surface area (Å²) in [6, 6.07) is 14.1. The minimum Gasteiger partial charge on any atom is -0.466 e. The molecule has 0 saturated carbocycles. The number of nitrogens with zero attached hydrogens (tertiary/aromatic N) is 2. The summed E-state index contributed by atoms with van der Waals surface area (Å²) in [6.45, 7) is 1.75. The maximum Gasteiger partial charge on any atom is 0.338 e. The zero-order chi connectivity index (χ0) is 21.4. The topological polar surface area (TPSA) is 60.7 Å². The number of fused-ring (bicyclic) bond motifs is 1. The molecule has 0 spiro atoms. The van der Waals surface area contributed by atoms with E-state index in [0.717, 1.165) is 15.6 Å². The van der Waals surface area contributed by atoms with Crippen LogP contribution in [0.1, 0.15) is 24.1 Å². The molecule has 3 aromatic rings. The smallest absolute Gasteiger partial charge is 0.338 e. The van der Waals surface area contributed by atoms with Gasteiger partial charge in [-0.3, -0.25) is 9.36 Å². The minimum atomic E-state index is -0.643. The summed E-state index contributed by atoms with van der Waals surface area (Å²) in [5.41, 5.74) is 2.29. The number of benzene rings is 2. The van der Waals surface area contributed by atoms with Gasteiger partial charge in [-0.2, -0.15) is 0 Å². The maximum atomic E-state index is 13.4. The van der Waals surface area contributed by atoms with Crippen LogP contribution in [-0.2, 0) is 9.53 Å². The van der Waals surface area contributed by atoms with E-state index >= 15 is 0 Å². The van der Waals surface area contributed by atoms with Gasteiger partial charge in [0.1, 0.15) is 0 Å². The molecule has 5 nitrogen and oxygen atoms in total. The molecule has 30 heavy (non-hydrogen) atoms. The number of carbonyl (C=O) groups excluding carboxylic acids is 1. The number of thiazole rings is 1. The summed E-state index contributed by atoms with van der Waals surface area (Å²) in [6.07, 6.45) is 1.82. The molecule has 1 aliphatic rings. The fourth-order valence-corrected chi connectivity index (χ4v) is 4.99. The highest BCUT2D eigenvalue weighted by Gasteiger charge is 2.32. The predicted molar refractivity (Wildman–Crippen MR) is 121 cm³/mol. The highest BCUT2D eigenvalue weighted by atomic mass is 79.9. The fourth-order valence-electron chi connectivity index (χ4n) is 3.40. The lowest BCUT2D eigenvalue weighted by Crippen LogP contribution is -2.39. The molecule has 0 bridgehead atoms. The summed E-state index contributed by atoms with van der Waals surface area (Å²) in [7, 11) is 1.32. The van der Waals surface area contributed by atoms with Gasteiger partial charge in [-0.1, -0.05) is 63.1 Å². The van der Waals surface area contributed by atoms with Gasteiger partial charge in [-0.05, 0) is 48.4 Å². The first-order valence-corrected chi connectivity index (χ1v) is 11.0. The maximum absolute atomic E-state index is 13.4. The van der Waals surface area contributed by atoms with Gasteiger partial charge in [-0.25, -0.2) is 9.79 Å². The first kappa shape index (κ1) is 20.8. The number of halogens is 2. The number of aromatic nitrogens is 1. The molecular weight excluding hydrogens is 488 g/mol. The predicted octanol–water partition coefficient (Wildman–Crippen LogP) is 3.82. The molecule has 0 saturated heterocycles. The Morgan fingerprint density at radius 3 is 2.67 bits per heavy atom. The Bertz CT molecular complexity index is 1360. The van der Waals surface area contributed by atoms with E-state index in [0.29, 0.717) is 25.6 Å². The van der Waals surface area contributed by atoms with E-state index in [1.54, 1.807) is 35.8 Å². The zero-order valence-electron chi connectivity index (χ0n) is 16.1. The number of ether oxygens (including phenoxy) is 1. The summed E-state index contributed by atoms with van der Waals surface area (Å²) >= 11 is 10.8. The van der Waals surface area contributed by atoms with E-state index in [1.807, 2.05) is 30.3 Å². The Hall–Kier alpha value is -2.48. The molecule has 2 heterocycles. The Kier molecular flexibility index (Phi) is 5.77. The van der Waals surface area contributed by atoms with E-state index in [1.165, 1.54) is 18.4 Å². The summed E-state index contributed by atoms with van der Waals surface area (Å²) in [4.78, 5) is 31.0. The number of esters is 1. The van der Waals surface area contributed by atoms with Crippen LogP contribution in [0.15, 0.2) is 74.1 Å². The summed E-state index contributed by atoms with van der Waals surface area (Å²) in [5.74, 6) is -0.516. The van der Waals surface area contributed by atoms with Crippen molar-refractivity contribution in [1.82, 2.24) is 4.57 Å². The van der Waals surface area contributed by atoms with Crippen LogP contribution in [0, 0.1) is 0 Å². The van der Waals surface area contributed by atoms with Crippen molar-refractivity contribution < 1.29 is 9.53 Å². The average Bonchev–Trinajstić information content (AvgIpc) is 3.02. The van der Waals surface area contributed by atoms with Crippen LogP contribution in [0.25, 0.3) is 6.08 Å². The van der Waals surface area contributed by atoms with Gasteiger partial charge in [0.05, 0.1) is 29.0 Å². The molecule has 152 valence electrons. The second kappa shape index (κ2) is 8.34. The standard InChI is InChI=1S/C22H16BrClN2O3S/c1-12-18(21(28)29-2)19(14-6-8-16(24)9-7-14)26-20(27)17(30-22(26)25-12)11-13-4-3-5-15(23)10-13/h3-11,19H,1-2H3/b17-11-/t19-/m0/s1. The van der Waals surface area contributed by atoms with Gasteiger partial charge >= 0.3 is 5.97 Å². The van der Waals surface area contributed by atoms with Crippen molar-refractivity contribution in [2.24, 2.45) is 4.99 Å². The van der Waals surface area contributed by atoms with Gasteiger partial charge in [0, 0.05) is 9.50 Å². The van der Waals surface area contributed by atoms with Crippen LogP contribution >= 0.6 is 38.9 Å². The van der Waals surface area contributed by atoms with Crippen molar-refractivity contribution in [2.45, 2.75) is 13.0 Å². The Balaban J connectivity index is 1.98. The molecule has 0 N–H and O–H groups in total. The monoisotopic (exact) mass is 502 g/mol. The van der Waals surface area contributed by atoms with Crippen LogP contribution in [0.5, 0.6) is 0 Å². The van der Waals surface area contributed by atoms with Gasteiger partial charge < -0.3 is 4.74 Å². The Morgan fingerprint density at radius 1 is 1.27 bits per heavy atom. The molecule has 1 atom stereocenters. The molecule has 2 aromatic carbocycles. The van der Waals surface area contributed by atoms with Crippen molar-refractivity contribution in [3.63, 3.8) is 0 Å². The second-order valence-corrected chi connectivity index (χ2v) is 9.04. The van der Waals surface area contributed by atoms with Gasteiger partial charge in [0.15, 0.2) is 4.80 Å². The van der Waals surface area contributed by atoms with Crippen molar-refractivity contribution in [1.29, 1.82) is 0 Å². The third kappa shape index (κ3) is 3.80. The number of hydrogen-bond donors (Lipinski definition) is 0. The van der Waals surface area contributed by atoms with Crippen LogP contribution in [0.4, 0.5) is 0 Å². The molecule has 0 unspecified atom stereocenters. The van der Waals surface area contributed by atoms with Crippen molar-refractivity contribution in [2.75, 3.05) is 7.11 Å². The molecule has 8 heteroatoms. The number of allylic oxidation sites excluding steroid dienone is 1. The first-order valence-electron chi connectivity index (χ1n) is 9.01. The SMILES string of the molecule is COC(=O)C1=C(C)N=c2s/c(=C\c3cccc(Br)c3)c(=O)n2[C@H]1c1ccc(Cl)cc1. The lowest BCUT2D eigenvalue weighted by Gasteiger charge is -2.24. The van der Waals surface area contributed by atoms with Gasteiger partial charge in [0.2, 0.25) is 0 Å². The average molecular weight is 504 g/mol. The van der Waals surface area contributed by atoms with Crippen LogP contribution in [-0.4, -0.2) is 17.6 Å². The third-order valence-electron chi connectivity index (χ3n) is 4.76. The van der Waals surface area contributed by atoms with E-state index in [9.17, 15) is 9.59 Å². The number of hydrogen-bond acceptors (Lipinski definition) is 5. The summed E-state index contributed by atoms with van der Waals surface area (Å²) in [5, 5.41) is 0.570. The van der Waals surface area contributed by atoms with Gasteiger partial charge in [-0.15, -0.1) is 0 Å². The second-order valence-electron chi connectivity index (χ2n) is 6.68. The molecule has 4 rings (SSSR count). The molecule has 1 aliphatic heterocycles. The van der Waals surface area contributed by atoms with E-state index in [-0.39, 0.29) is 5.56 Å². The largest absolute Gasteiger partial charge is 0.466 e. The highest BCUT2D eigenvalue weighted by molar-refractivity contribution is 9.10. The molecule has 1 aromatic heterocycles. The highest BCUT2D eigenvalue weighted by Crippen LogP contribution is 2.31. The zero-order valence-corrected chi connectivity index (χ0v) is 19.2. The summed E-state index contributed by atoms with van der Waals surface area (Å²) < 4.78 is 8.01. The number of rotatable bonds is 3.